The van der Waals surface area contributed by atoms with Gasteiger partial charge in [0.1, 0.15) is 17.3 Å². The third-order valence-corrected chi connectivity index (χ3v) is 4.67. The van der Waals surface area contributed by atoms with Crippen molar-refractivity contribution in [2.75, 3.05) is 13.1 Å². The largest absolute Gasteiger partial charge is 0.507 e. The van der Waals surface area contributed by atoms with Gasteiger partial charge in [-0.25, -0.2) is 4.39 Å². The number of hydrogen-bond donors (Lipinski definition) is 1. The highest BCUT2D eigenvalue weighted by molar-refractivity contribution is 5.94. The van der Waals surface area contributed by atoms with Gasteiger partial charge in [0.05, 0.1) is 10.9 Å². The molecule has 1 aliphatic heterocycles. The highest BCUT2D eigenvalue weighted by atomic mass is 19.1. The first-order valence-corrected chi connectivity index (χ1v) is 8.31. The first-order chi connectivity index (χ1) is 11.7. The minimum atomic E-state index is -0.282. The monoisotopic (exact) mass is 326 g/mol. The van der Waals surface area contributed by atoms with E-state index in [-0.39, 0.29) is 11.6 Å². The molecule has 4 nitrogen and oxygen atoms in total. The van der Waals surface area contributed by atoms with Crippen molar-refractivity contribution in [3.8, 4) is 17.0 Å². The molecule has 0 bridgehead atoms. The van der Waals surface area contributed by atoms with Crippen molar-refractivity contribution in [2.45, 2.75) is 25.8 Å². The van der Waals surface area contributed by atoms with E-state index < -0.39 is 0 Å². The number of halogens is 1. The molecule has 0 amide bonds. The van der Waals surface area contributed by atoms with Crippen molar-refractivity contribution in [2.24, 2.45) is 0 Å². The number of aromatic hydroxyl groups is 1. The van der Waals surface area contributed by atoms with Crippen LogP contribution in [0.15, 0.2) is 40.9 Å². The van der Waals surface area contributed by atoms with Gasteiger partial charge >= 0.3 is 0 Å². The molecule has 2 heterocycles. The molecular weight excluding hydrogens is 307 g/mol. The van der Waals surface area contributed by atoms with Crippen LogP contribution >= 0.6 is 0 Å². The lowest BCUT2D eigenvalue weighted by Gasteiger charge is -2.26. The van der Waals surface area contributed by atoms with Crippen LogP contribution in [0.1, 0.15) is 24.8 Å². The summed E-state index contributed by atoms with van der Waals surface area (Å²) in [4.78, 5) is 2.33. The standard InChI is InChI=1S/C19H19FN2O2/c20-14-6-4-13(5-7-14)18-15-8-9-17(23)16(19(15)24-21-18)12-22-10-2-1-3-11-22/h4-9,23H,1-3,10-12H2. The van der Waals surface area contributed by atoms with Gasteiger partial charge in [0.2, 0.25) is 0 Å². The SMILES string of the molecule is Oc1ccc2c(-c3ccc(F)cc3)noc2c1CN1CCCCC1. The molecule has 1 aliphatic rings. The minimum absolute atomic E-state index is 0.231. The van der Waals surface area contributed by atoms with Crippen LogP contribution in [-0.2, 0) is 6.54 Å². The van der Waals surface area contributed by atoms with E-state index in [1.165, 1.54) is 31.4 Å². The predicted octanol–water partition coefficient (Wildman–Crippen LogP) is 4.33. The molecule has 1 aromatic heterocycles. The topological polar surface area (TPSA) is 49.5 Å². The molecule has 0 radical (unpaired) electrons. The van der Waals surface area contributed by atoms with Crippen LogP contribution in [0, 0.1) is 5.82 Å². The van der Waals surface area contributed by atoms with Crippen molar-refractivity contribution < 1.29 is 14.0 Å². The fourth-order valence-corrected chi connectivity index (χ4v) is 3.36. The molecule has 0 aliphatic carbocycles. The van der Waals surface area contributed by atoms with Crippen molar-refractivity contribution >= 4 is 11.0 Å². The maximum absolute atomic E-state index is 13.1. The molecule has 24 heavy (non-hydrogen) atoms. The minimum Gasteiger partial charge on any atom is -0.507 e. The Morgan fingerprint density at radius 1 is 1.04 bits per heavy atom. The number of fused-ring (bicyclic) bond motifs is 1. The molecule has 124 valence electrons. The first kappa shape index (κ1) is 15.1. The molecule has 0 saturated carbocycles. The van der Waals surface area contributed by atoms with Crippen LogP contribution in [0.4, 0.5) is 4.39 Å². The molecule has 0 spiro atoms. The number of likely N-dealkylation sites (tertiary alicyclic amines) is 1. The number of phenolic OH excluding ortho intramolecular Hbond substituents is 1. The van der Waals surface area contributed by atoms with E-state index in [4.69, 9.17) is 4.52 Å². The zero-order valence-corrected chi connectivity index (χ0v) is 13.3. The number of hydrogen-bond acceptors (Lipinski definition) is 4. The first-order valence-electron chi connectivity index (χ1n) is 8.31. The van der Waals surface area contributed by atoms with Crippen LogP contribution in [-0.4, -0.2) is 28.3 Å². The fourth-order valence-electron chi connectivity index (χ4n) is 3.36. The summed E-state index contributed by atoms with van der Waals surface area (Å²) in [5.74, 6) is -0.0511. The highest BCUT2D eigenvalue weighted by Gasteiger charge is 2.20. The highest BCUT2D eigenvalue weighted by Crippen LogP contribution is 2.35. The summed E-state index contributed by atoms with van der Waals surface area (Å²) < 4.78 is 18.7. The summed E-state index contributed by atoms with van der Waals surface area (Å²) in [5.41, 5.74) is 2.85. The Morgan fingerprint density at radius 2 is 1.79 bits per heavy atom. The third-order valence-electron chi connectivity index (χ3n) is 4.67. The van der Waals surface area contributed by atoms with Gasteiger partial charge in [0, 0.05) is 12.1 Å². The average Bonchev–Trinajstić information content (AvgIpc) is 3.03. The maximum atomic E-state index is 13.1. The zero-order valence-electron chi connectivity index (χ0n) is 13.3. The summed E-state index contributed by atoms with van der Waals surface area (Å²) in [6.07, 6.45) is 3.64. The van der Waals surface area contributed by atoms with E-state index in [0.29, 0.717) is 17.8 Å². The molecule has 1 fully saturated rings. The normalized spacial score (nSPS) is 15.9. The van der Waals surface area contributed by atoms with Crippen LogP contribution in [0.3, 0.4) is 0 Å². The Bertz CT molecular complexity index is 852. The smallest absolute Gasteiger partial charge is 0.175 e. The van der Waals surface area contributed by atoms with Gasteiger partial charge in [-0.2, -0.15) is 0 Å². The van der Waals surface area contributed by atoms with Crippen molar-refractivity contribution in [1.82, 2.24) is 10.1 Å². The quantitative estimate of drug-likeness (QED) is 0.778. The number of piperidine rings is 1. The number of phenols is 1. The number of nitrogens with zero attached hydrogens (tertiary/aromatic N) is 2. The Balaban J connectivity index is 1.74. The molecule has 0 unspecified atom stereocenters. The molecule has 4 rings (SSSR count). The maximum Gasteiger partial charge on any atom is 0.175 e. The van der Waals surface area contributed by atoms with Crippen LogP contribution < -0.4 is 0 Å². The lowest BCUT2D eigenvalue weighted by molar-refractivity contribution is 0.218. The van der Waals surface area contributed by atoms with E-state index in [0.717, 1.165) is 29.6 Å². The van der Waals surface area contributed by atoms with Gasteiger partial charge in [-0.15, -0.1) is 0 Å². The van der Waals surface area contributed by atoms with E-state index in [2.05, 4.69) is 10.1 Å². The van der Waals surface area contributed by atoms with Crippen molar-refractivity contribution in [1.29, 1.82) is 0 Å². The second-order valence-electron chi connectivity index (χ2n) is 6.31. The average molecular weight is 326 g/mol. The van der Waals surface area contributed by atoms with Gasteiger partial charge < -0.3 is 9.63 Å². The second-order valence-corrected chi connectivity index (χ2v) is 6.31. The number of benzene rings is 2. The molecule has 0 atom stereocenters. The molecule has 2 aromatic carbocycles. The zero-order chi connectivity index (χ0) is 16.5. The summed E-state index contributed by atoms with van der Waals surface area (Å²) >= 11 is 0. The van der Waals surface area contributed by atoms with E-state index in [9.17, 15) is 9.50 Å². The molecular formula is C19H19FN2O2. The molecule has 1 saturated heterocycles. The van der Waals surface area contributed by atoms with Crippen molar-refractivity contribution in [3.05, 3.63) is 47.8 Å². The van der Waals surface area contributed by atoms with E-state index in [1.807, 2.05) is 0 Å². The summed E-state index contributed by atoms with van der Waals surface area (Å²) in [6, 6.07) is 9.68. The molecule has 5 heteroatoms. The van der Waals surface area contributed by atoms with Crippen LogP contribution in [0.5, 0.6) is 5.75 Å². The Hall–Kier alpha value is -2.40. The van der Waals surface area contributed by atoms with Crippen LogP contribution in [0.2, 0.25) is 0 Å². The fraction of sp³-hybridized carbons (Fsp3) is 0.316. The third kappa shape index (κ3) is 2.76. The lowest BCUT2D eigenvalue weighted by atomic mass is 10.0. The van der Waals surface area contributed by atoms with E-state index >= 15 is 0 Å². The Kier molecular flexibility index (Phi) is 3.94. The van der Waals surface area contributed by atoms with Gasteiger partial charge in [0.15, 0.2) is 5.58 Å². The van der Waals surface area contributed by atoms with Gasteiger partial charge in [0.25, 0.3) is 0 Å². The van der Waals surface area contributed by atoms with Crippen molar-refractivity contribution in [3.63, 3.8) is 0 Å². The second kappa shape index (κ2) is 6.24. The van der Waals surface area contributed by atoms with Gasteiger partial charge in [-0.1, -0.05) is 11.6 Å². The van der Waals surface area contributed by atoms with E-state index in [1.54, 1.807) is 24.3 Å². The lowest BCUT2D eigenvalue weighted by Crippen LogP contribution is -2.29. The number of aromatic nitrogens is 1. The van der Waals surface area contributed by atoms with Gasteiger partial charge in [-0.05, 0) is 62.3 Å². The summed E-state index contributed by atoms with van der Waals surface area (Å²) in [6.45, 7) is 2.73. The summed E-state index contributed by atoms with van der Waals surface area (Å²) in [7, 11) is 0. The van der Waals surface area contributed by atoms with Crippen LogP contribution in [0.25, 0.3) is 22.2 Å². The predicted molar refractivity (Wildman–Crippen MR) is 90.2 cm³/mol. The number of rotatable bonds is 3. The molecule has 3 aromatic rings. The van der Waals surface area contributed by atoms with Gasteiger partial charge in [-0.3, -0.25) is 4.90 Å². The Labute approximate surface area is 139 Å². The Morgan fingerprint density at radius 3 is 2.54 bits per heavy atom. The molecule has 1 N–H and O–H groups in total. The summed E-state index contributed by atoms with van der Waals surface area (Å²) in [5, 5.41) is 15.3.